The fourth-order valence-corrected chi connectivity index (χ4v) is 2.17. The largest absolute Gasteiger partial charge is 0.354 e. The van der Waals surface area contributed by atoms with Gasteiger partial charge in [-0.2, -0.15) is 0 Å². The summed E-state index contributed by atoms with van der Waals surface area (Å²) < 4.78 is 0. The topological polar surface area (TPSA) is 29.0 Å². The van der Waals surface area contributed by atoms with Crippen LogP contribution >= 0.6 is 23.2 Å². The average molecular weight is 296 g/mol. The van der Waals surface area contributed by atoms with Crippen LogP contribution in [0.2, 0.25) is 10.2 Å². The Morgan fingerprint density at radius 2 is 1.63 bits per heavy atom. The lowest BCUT2D eigenvalue weighted by Crippen LogP contribution is -2.19. The second-order valence-corrected chi connectivity index (χ2v) is 5.34. The van der Waals surface area contributed by atoms with Crippen LogP contribution in [0.1, 0.15) is 16.7 Å². The minimum atomic E-state index is 0.459. The minimum Gasteiger partial charge on any atom is -0.354 e. The zero-order valence-electron chi connectivity index (χ0n) is 11.1. The van der Waals surface area contributed by atoms with Crippen LogP contribution in [0.25, 0.3) is 0 Å². The van der Waals surface area contributed by atoms with Gasteiger partial charge < -0.3 is 4.90 Å². The van der Waals surface area contributed by atoms with E-state index in [-0.39, 0.29) is 0 Å². The van der Waals surface area contributed by atoms with E-state index in [9.17, 15) is 0 Å². The third-order valence-electron chi connectivity index (χ3n) is 3.13. The molecule has 2 aromatic rings. The summed E-state index contributed by atoms with van der Waals surface area (Å²) in [5, 5.41) is 9.34. The molecule has 0 N–H and O–H groups in total. The first-order valence-corrected chi connectivity index (χ1v) is 6.69. The van der Waals surface area contributed by atoms with E-state index in [4.69, 9.17) is 23.2 Å². The van der Waals surface area contributed by atoms with E-state index < -0.39 is 0 Å². The molecule has 0 fully saturated rings. The Hall–Kier alpha value is -1.32. The fourth-order valence-electron chi connectivity index (χ4n) is 1.86. The SMILES string of the molecule is Cc1c(Cl)nnc(N(C)Cc2ccc(Cl)cc2)c1C. The predicted molar refractivity (Wildman–Crippen MR) is 80.1 cm³/mol. The molecule has 19 heavy (non-hydrogen) atoms. The zero-order valence-corrected chi connectivity index (χ0v) is 12.6. The van der Waals surface area contributed by atoms with Crippen molar-refractivity contribution in [2.24, 2.45) is 0 Å². The molecule has 5 heteroatoms. The first kappa shape index (κ1) is 14.1. The van der Waals surface area contributed by atoms with E-state index in [0.29, 0.717) is 5.15 Å². The highest BCUT2D eigenvalue weighted by molar-refractivity contribution is 6.30. The lowest BCUT2D eigenvalue weighted by atomic mass is 10.1. The van der Waals surface area contributed by atoms with Crippen molar-refractivity contribution in [3.63, 3.8) is 0 Å². The van der Waals surface area contributed by atoms with Crippen molar-refractivity contribution in [3.05, 3.63) is 51.1 Å². The summed E-state index contributed by atoms with van der Waals surface area (Å²) >= 11 is 11.8. The lowest BCUT2D eigenvalue weighted by Gasteiger charge is -2.20. The molecule has 0 unspecified atom stereocenters. The Morgan fingerprint density at radius 3 is 2.26 bits per heavy atom. The average Bonchev–Trinajstić information content (AvgIpc) is 2.39. The first-order valence-electron chi connectivity index (χ1n) is 5.94. The van der Waals surface area contributed by atoms with Gasteiger partial charge in [0.1, 0.15) is 0 Å². The number of aromatic nitrogens is 2. The van der Waals surface area contributed by atoms with Crippen LogP contribution in [0, 0.1) is 13.8 Å². The molecule has 0 saturated carbocycles. The highest BCUT2D eigenvalue weighted by Crippen LogP contribution is 2.24. The molecule has 0 bridgehead atoms. The van der Waals surface area contributed by atoms with Gasteiger partial charge in [0.2, 0.25) is 0 Å². The molecule has 0 radical (unpaired) electrons. The van der Waals surface area contributed by atoms with Crippen LogP contribution in [0.5, 0.6) is 0 Å². The molecule has 0 saturated heterocycles. The highest BCUT2D eigenvalue weighted by atomic mass is 35.5. The molecule has 100 valence electrons. The number of benzene rings is 1. The van der Waals surface area contributed by atoms with Crippen molar-refractivity contribution < 1.29 is 0 Å². The first-order chi connectivity index (χ1) is 8.99. The molecule has 0 aliphatic carbocycles. The van der Waals surface area contributed by atoms with Crippen molar-refractivity contribution in [2.45, 2.75) is 20.4 Å². The number of nitrogens with zero attached hydrogens (tertiary/aromatic N) is 3. The molecule has 3 nitrogen and oxygen atoms in total. The van der Waals surface area contributed by atoms with Gasteiger partial charge in [0.05, 0.1) is 0 Å². The molecule has 0 spiro atoms. The van der Waals surface area contributed by atoms with Crippen molar-refractivity contribution in [1.82, 2.24) is 10.2 Å². The summed E-state index contributed by atoms with van der Waals surface area (Å²) in [7, 11) is 1.99. The molecule has 1 aromatic heterocycles. The van der Waals surface area contributed by atoms with E-state index in [1.54, 1.807) is 0 Å². The molecule has 0 aliphatic rings. The summed E-state index contributed by atoms with van der Waals surface area (Å²) in [5.74, 6) is 0.844. The Balaban J connectivity index is 2.23. The van der Waals surface area contributed by atoms with Crippen molar-refractivity contribution in [1.29, 1.82) is 0 Å². The maximum atomic E-state index is 5.96. The normalized spacial score (nSPS) is 10.6. The van der Waals surface area contributed by atoms with Gasteiger partial charge in [-0.3, -0.25) is 0 Å². The third-order valence-corrected chi connectivity index (χ3v) is 3.75. The molecule has 0 aliphatic heterocycles. The van der Waals surface area contributed by atoms with Gasteiger partial charge in [0, 0.05) is 18.6 Å². The highest BCUT2D eigenvalue weighted by Gasteiger charge is 2.12. The predicted octanol–water partition coefficient (Wildman–Crippen LogP) is 4.04. The maximum Gasteiger partial charge on any atom is 0.155 e. The quantitative estimate of drug-likeness (QED) is 0.856. The second-order valence-electron chi connectivity index (χ2n) is 4.55. The smallest absolute Gasteiger partial charge is 0.155 e. The van der Waals surface area contributed by atoms with Gasteiger partial charge in [-0.15, -0.1) is 10.2 Å². The zero-order chi connectivity index (χ0) is 14.0. The number of halogens is 2. The standard InChI is InChI=1S/C14H15Cl2N3/c1-9-10(2)14(18-17-13(9)16)19(3)8-11-4-6-12(15)7-5-11/h4-7H,8H2,1-3H3. The molecule has 1 aromatic carbocycles. The minimum absolute atomic E-state index is 0.459. The number of hydrogen-bond donors (Lipinski definition) is 0. The van der Waals surface area contributed by atoms with E-state index in [1.165, 1.54) is 5.56 Å². The van der Waals surface area contributed by atoms with Crippen LogP contribution in [0.15, 0.2) is 24.3 Å². The van der Waals surface area contributed by atoms with Crippen LogP contribution in [0.4, 0.5) is 5.82 Å². The number of rotatable bonds is 3. The summed E-state index contributed by atoms with van der Waals surface area (Å²) in [6, 6.07) is 7.78. The Kier molecular flexibility index (Phi) is 4.27. The van der Waals surface area contributed by atoms with Gasteiger partial charge >= 0.3 is 0 Å². The van der Waals surface area contributed by atoms with Crippen LogP contribution in [-0.2, 0) is 6.54 Å². The Morgan fingerprint density at radius 1 is 1.00 bits per heavy atom. The lowest BCUT2D eigenvalue weighted by molar-refractivity contribution is 0.853. The van der Waals surface area contributed by atoms with Gasteiger partial charge in [-0.25, -0.2) is 0 Å². The second kappa shape index (κ2) is 5.76. The molecule has 0 atom stereocenters. The van der Waals surface area contributed by atoms with E-state index in [0.717, 1.165) is 28.5 Å². The van der Waals surface area contributed by atoms with Gasteiger partial charge in [0.25, 0.3) is 0 Å². The summed E-state index contributed by atoms with van der Waals surface area (Å²) in [5.41, 5.74) is 3.19. The van der Waals surface area contributed by atoms with Gasteiger partial charge in [-0.1, -0.05) is 35.3 Å². The monoisotopic (exact) mass is 295 g/mol. The molecule has 0 amide bonds. The molecule has 2 rings (SSSR count). The summed E-state index contributed by atoms with van der Waals surface area (Å²) in [6.45, 7) is 4.70. The molecular weight excluding hydrogens is 281 g/mol. The maximum absolute atomic E-state index is 5.96. The third kappa shape index (κ3) is 3.17. The Bertz CT molecular complexity index is 582. The number of anilines is 1. The van der Waals surface area contributed by atoms with E-state index >= 15 is 0 Å². The van der Waals surface area contributed by atoms with E-state index in [2.05, 4.69) is 15.1 Å². The van der Waals surface area contributed by atoms with Crippen molar-refractivity contribution in [3.8, 4) is 0 Å². The molecule has 1 heterocycles. The number of hydrogen-bond acceptors (Lipinski definition) is 3. The molecular formula is C14H15Cl2N3. The van der Waals surface area contributed by atoms with Crippen LogP contribution < -0.4 is 4.90 Å². The van der Waals surface area contributed by atoms with E-state index in [1.807, 2.05) is 45.2 Å². The van der Waals surface area contributed by atoms with Gasteiger partial charge in [-0.05, 0) is 42.7 Å². The van der Waals surface area contributed by atoms with Crippen molar-refractivity contribution >= 4 is 29.0 Å². The summed E-state index contributed by atoms with van der Waals surface area (Å²) in [6.07, 6.45) is 0. The Labute approximate surface area is 123 Å². The van der Waals surface area contributed by atoms with Gasteiger partial charge in [0.15, 0.2) is 11.0 Å². The fraction of sp³-hybridized carbons (Fsp3) is 0.286. The summed E-state index contributed by atoms with van der Waals surface area (Å²) in [4.78, 5) is 2.05. The van der Waals surface area contributed by atoms with Crippen LogP contribution in [0.3, 0.4) is 0 Å². The van der Waals surface area contributed by atoms with Crippen molar-refractivity contribution in [2.75, 3.05) is 11.9 Å². The van der Waals surface area contributed by atoms with Crippen LogP contribution in [-0.4, -0.2) is 17.2 Å².